The Kier molecular flexibility index (Phi) is 5.36. The zero-order valence-electron chi connectivity index (χ0n) is 18.7. The summed E-state index contributed by atoms with van der Waals surface area (Å²) in [6.45, 7) is 4.79. The van der Waals surface area contributed by atoms with E-state index in [1.54, 1.807) is 0 Å². The molecule has 0 saturated heterocycles. The topological polar surface area (TPSA) is 43.4 Å². The lowest BCUT2D eigenvalue weighted by atomic mass is 9.47. The van der Waals surface area contributed by atoms with Crippen LogP contribution in [0.4, 0.5) is 0 Å². The number of hydrogen-bond donors (Lipinski definition) is 0. The molecule has 4 saturated carbocycles. The van der Waals surface area contributed by atoms with Gasteiger partial charge in [0.05, 0.1) is 11.0 Å². The van der Waals surface area contributed by atoms with Crippen LogP contribution in [-0.4, -0.2) is 17.9 Å². The van der Waals surface area contributed by atoms with Crippen molar-refractivity contribution in [2.45, 2.75) is 103 Å². The number of Topliss-reactive ketones (excluding diaryl/α,β-unsaturated/α-hetero) is 1. The van der Waals surface area contributed by atoms with Crippen molar-refractivity contribution >= 4 is 23.4 Å². The van der Waals surface area contributed by atoms with Gasteiger partial charge in [-0.25, -0.2) is 0 Å². The zero-order valence-corrected chi connectivity index (χ0v) is 19.4. The van der Waals surface area contributed by atoms with Crippen LogP contribution in [-0.2, 0) is 14.3 Å². The second-order valence-corrected chi connectivity index (χ2v) is 11.8. The van der Waals surface area contributed by atoms with E-state index in [9.17, 15) is 9.59 Å². The first-order valence-electron chi connectivity index (χ1n) is 12.5. The van der Waals surface area contributed by atoms with Crippen LogP contribution in [0.2, 0.25) is 0 Å². The summed E-state index contributed by atoms with van der Waals surface area (Å²) in [7, 11) is 0. The maximum atomic E-state index is 12.9. The molecule has 5 rings (SSSR count). The molecule has 5 aliphatic carbocycles. The van der Waals surface area contributed by atoms with Gasteiger partial charge < -0.3 is 4.74 Å². The van der Waals surface area contributed by atoms with E-state index in [2.05, 4.69) is 13.8 Å². The summed E-state index contributed by atoms with van der Waals surface area (Å²) >= 11 is 6.53. The minimum absolute atomic E-state index is 0.0853. The number of carbonyl (C=O) groups excluding carboxylic acids is 2. The number of hydrogen-bond acceptors (Lipinski definition) is 3. The van der Waals surface area contributed by atoms with Crippen LogP contribution in [0.25, 0.3) is 0 Å². The van der Waals surface area contributed by atoms with E-state index in [0.717, 1.165) is 44.9 Å². The number of fused-ring (bicyclic) bond motifs is 5. The first-order valence-corrected chi connectivity index (χ1v) is 12.9. The van der Waals surface area contributed by atoms with E-state index in [1.165, 1.54) is 37.7 Å². The van der Waals surface area contributed by atoms with E-state index in [4.69, 9.17) is 16.3 Å². The van der Waals surface area contributed by atoms with Gasteiger partial charge in [0, 0.05) is 11.8 Å². The lowest BCUT2D eigenvalue weighted by Gasteiger charge is -2.58. The molecule has 0 bridgehead atoms. The fourth-order valence-electron chi connectivity index (χ4n) is 8.37. The van der Waals surface area contributed by atoms with Gasteiger partial charge in [-0.15, -0.1) is 0 Å². The molecule has 0 aromatic carbocycles. The average molecular weight is 433 g/mol. The molecule has 3 nitrogen and oxygen atoms in total. The van der Waals surface area contributed by atoms with Crippen LogP contribution in [0.15, 0.2) is 10.6 Å². The maximum Gasteiger partial charge on any atom is 0.309 e. The highest BCUT2D eigenvalue weighted by atomic mass is 35.5. The highest BCUT2D eigenvalue weighted by molar-refractivity contribution is 6.43. The van der Waals surface area contributed by atoms with Gasteiger partial charge >= 0.3 is 5.97 Å². The summed E-state index contributed by atoms with van der Waals surface area (Å²) in [5.74, 6) is 2.31. The van der Waals surface area contributed by atoms with E-state index >= 15 is 0 Å². The van der Waals surface area contributed by atoms with Gasteiger partial charge in [0.15, 0.2) is 5.78 Å². The number of carbonyl (C=O) groups is 2. The standard InChI is InChI=1S/C26H37ClO3/c1-25-15-13-21(28)23(27)20(25)9-8-17-18-10-11-22(26(18,2)14-12-19(17)25)30-24(29)16-6-4-3-5-7-16/h16-19,22H,3-15H2,1-2H3/t17-,18-,19-,22-,25+,26-/m0/s1. The summed E-state index contributed by atoms with van der Waals surface area (Å²) in [5, 5.41) is 0.557. The third-order valence-electron chi connectivity index (χ3n) is 10.2. The summed E-state index contributed by atoms with van der Waals surface area (Å²) < 4.78 is 6.25. The molecule has 0 aromatic heterocycles. The summed E-state index contributed by atoms with van der Waals surface area (Å²) in [6.07, 6.45) is 13.9. The molecule has 4 heteroatoms. The SMILES string of the molecule is C[C@]12CC[C@H]3[C@@H](CCC4=C(Cl)C(=O)CC[C@@]43C)[C@@H]1CC[C@@H]2OC(=O)C1CCCCC1. The molecular weight excluding hydrogens is 396 g/mol. The van der Waals surface area contributed by atoms with Crippen molar-refractivity contribution in [2.75, 3.05) is 0 Å². The molecule has 30 heavy (non-hydrogen) atoms. The summed E-state index contributed by atoms with van der Waals surface area (Å²) in [5.41, 5.74) is 1.47. The van der Waals surface area contributed by atoms with Crippen LogP contribution in [0.5, 0.6) is 0 Å². The predicted molar refractivity (Wildman–Crippen MR) is 118 cm³/mol. The molecule has 6 atom stereocenters. The van der Waals surface area contributed by atoms with Gasteiger partial charge in [-0.05, 0) is 86.5 Å². The average Bonchev–Trinajstić information content (AvgIpc) is 3.08. The van der Waals surface area contributed by atoms with Crippen molar-refractivity contribution < 1.29 is 14.3 Å². The molecule has 0 heterocycles. The van der Waals surface area contributed by atoms with Gasteiger partial charge in [-0.1, -0.05) is 44.7 Å². The van der Waals surface area contributed by atoms with Crippen molar-refractivity contribution in [1.82, 2.24) is 0 Å². The molecule has 0 spiro atoms. The third kappa shape index (κ3) is 3.12. The molecule has 0 aliphatic heterocycles. The normalized spacial score (nSPS) is 44.3. The van der Waals surface area contributed by atoms with Crippen LogP contribution >= 0.6 is 11.6 Å². The summed E-state index contributed by atoms with van der Waals surface area (Å²) in [6, 6.07) is 0. The van der Waals surface area contributed by atoms with Crippen molar-refractivity contribution in [3.05, 3.63) is 10.6 Å². The van der Waals surface area contributed by atoms with Crippen molar-refractivity contribution in [1.29, 1.82) is 0 Å². The van der Waals surface area contributed by atoms with E-state index in [1.807, 2.05) is 0 Å². The maximum absolute atomic E-state index is 12.9. The van der Waals surface area contributed by atoms with Crippen LogP contribution in [0.3, 0.4) is 0 Å². The van der Waals surface area contributed by atoms with E-state index in [0.29, 0.717) is 29.2 Å². The number of ketones is 1. The number of allylic oxidation sites excluding steroid dienone is 1. The van der Waals surface area contributed by atoms with E-state index in [-0.39, 0.29) is 34.6 Å². The largest absolute Gasteiger partial charge is 0.462 e. The van der Waals surface area contributed by atoms with Crippen LogP contribution in [0, 0.1) is 34.5 Å². The number of ether oxygens (including phenoxy) is 1. The Labute approximate surface area is 186 Å². The van der Waals surface area contributed by atoms with Crippen molar-refractivity contribution in [3.8, 4) is 0 Å². The molecule has 5 aliphatic rings. The zero-order chi connectivity index (χ0) is 21.1. The molecule has 0 N–H and O–H groups in total. The molecule has 0 aromatic rings. The Morgan fingerprint density at radius 1 is 0.933 bits per heavy atom. The highest BCUT2D eigenvalue weighted by Crippen LogP contribution is 2.66. The van der Waals surface area contributed by atoms with Gasteiger partial charge in [-0.2, -0.15) is 0 Å². The fraction of sp³-hybridized carbons (Fsp3) is 0.846. The Hall–Kier alpha value is -0.830. The second kappa shape index (κ2) is 7.64. The van der Waals surface area contributed by atoms with Crippen LogP contribution < -0.4 is 0 Å². The number of rotatable bonds is 2. The Balaban J connectivity index is 1.34. The molecule has 0 unspecified atom stereocenters. The van der Waals surface area contributed by atoms with Crippen LogP contribution in [0.1, 0.15) is 97.3 Å². The summed E-state index contributed by atoms with van der Waals surface area (Å²) in [4.78, 5) is 25.1. The molecular formula is C26H37ClO3. The molecule has 166 valence electrons. The lowest BCUT2D eigenvalue weighted by molar-refractivity contribution is -0.165. The Bertz CT molecular complexity index is 766. The minimum Gasteiger partial charge on any atom is -0.462 e. The van der Waals surface area contributed by atoms with Gasteiger partial charge in [-0.3, -0.25) is 9.59 Å². The third-order valence-corrected chi connectivity index (χ3v) is 10.6. The first-order chi connectivity index (χ1) is 14.3. The van der Waals surface area contributed by atoms with Crippen molar-refractivity contribution in [3.63, 3.8) is 0 Å². The number of esters is 1. The molecule has 0 amide bonds. The predicted octanol–water partition coefficient (Wildman–Crippen LogP) is 6.58. The minimum atomic E-state index is 0.0853. The Morgan fingerprint density at radius 2 is 1.70 bits per heavy atom. The van der Waals surface area contributed by atoms with Gasteiger partial charge in [0.25, 0.3) is 0 Å². The fourth-order valence-corrected chi connectivity index (χ4v) is 8.77. The Morgan fingerprint density at radius 3 is 2.47 bits per heavy atom. The van der Waals surface area contributed by atoms with Gasteiger partial charge in [0.2, 0.25) is 0 Å². The first kappa shape index (κ1) is 21.0. The quantitative estimate of drug-likeness (QED) is 0.463. The van der Waals surface area contributed by atoms with Gasteiger partial charge in [0.1, 0.15) is 6.10 Å². The highest BCUT2D eigenvalue weighted by Gasteiger charge is 2.60. The molecule has 0 radical (unpaired) electrons. The number of halogens is 1. The smallest absolute Gasteiger partial charge is 0.309 e. The van der Waals surface area contributed by atoms with Crippen molar-refractivity contribution in [2.24, 2.45) is 34.5 Å². The lowest BCUT2D eigenvalue weighted by Crippen LogP contribution is -2.52. The second-order valence-electron chi connectivity index (χ2n) is 11.4. The monoisotopic (exact) mass is 432 g/mol. The van der Waals surface area contributed by atoms with E-state index < -0.39 is 0 Å². The molecule has 4 fully saturated rings.